The molecule has 0 spiro atoms. The number of fused-ring (bicyclic) bond motifs is 7. The minimum atomic E-state index is -0.726. The van der Waals surface area contributed by atoms with Gasteiger partial charge < -0.3 is 9.15 Å². The normalized spacial score (nSPS) is 13.9. The highest BCUT2D eigenvalue weighted by atomic mass is 16.5. The molecule has 9 heteroatoms. The van der Waals surface area contributed by atoms with Crippen molar-refractivity contribution in [1.82, 2.24) is 29.5 Å². The molecule has 9 rings (SSSR count). The predicted octanol–water partition coefficient (Wildman–Crippen LogP) is 7.10. The van der Waals surface area contributed by atoms with Crippen molar-refractivity contribution in [2.45, 2.75) is 12.8 Å². The molecule has 1 aliphatic rings. The summed E-state index contributed by atoms with van der Waals surface area (Å²) in [6.07, 6.45) is 1.58. The van der Waals surface area contributed by atoms with Crippen LogP contribution in [0, 0.1) is 6.92 Å². The Labute approximate surface area is 255 Å². The molecule has 214 valence electrons. The Morgan fingerprint density at radius 2 is 1.40 bits per heavy atom. The van der Waals surface area contributed by atoms with Crippen molar-refractivity contribution in [2.75, 3.05) is 0 Å². The zero-order chi connectivity index (χ0) is 30.1. The fourth-order valence-electron chi connectivity index (χ4n) is 6.14. The topological polar surface area (TPSA) is 108 Å². The monoisotopic (exact) mass is 586 g/mol. The lowest BCUT2D eigenvalue weighted by Gasteiger charge is -2.27. The fraction of sp³-hybridized carbons (Fsp3) is 0.0556. The van der Waals surface area contributed by atoms with Crippen LogP contribution in [0.3, 0.4) is 0 Å². The maximum Gasteiger partial charge on any atom is 0.344 e. The van der Waals surface area contributed by atoms with Gasteiger partial charge in [0.15, 0.2) is 17.2 Å². The highest BCUT2D eigenvalue weighted by Crippen LogP contribution is 2.49. The lowest BCUT2D eigenvalue weighted by atomic mass is 9.86. The lowest BCUT2D eigenvalue weighted by molar-refractivity contribution is 0.421. The Balaban J connectivity index is 1.28. The first-order valence-electron chi connectivity index (χ1n) is 14.5. The fourth-order valence-corrected chi connectivity index (χ4v) is 6.14. The van der Waals surface area contributed by atoms with Crippen LogP contribution >= 0.6 is 0 Å². The van der Waals surface area contributed by atoms with E-state index in [-0.39, 0.29) is 0 Å². The summed E-state index contributed by atoms with van der Waals surface area (Å²) >= 11 is 0. The zero-order valence-electron chi connectivity index (χ0n) is 23.9. The third-order valence-electron chi connectivity index (χ3n) is 8.27. The number of nitrogens with zero attached hydrogens (tertiary/aromatic N) is 6. The van der Waals surface area contributed by atoms with Gasteiger partial charge in [-0.3, -0.25) is 0 Å². The van der Waals surface area contributed by atoms with Crippen molar-refractivity contribution >= 4 is 27.6 Å². The van der Waals surface area contributed by atoms with Crippen LogP contribution in [0.5, 0.6) is 11.6 Å². The number of aryl methyl sites for hydroxylation is 1. The van der Waals surface area contributed by atoms with Crippen molar-refractivity contribution in [1.29, 1.82) is 0 Å². The van der Waals surface area contributed by atoms with E-state index in [9.17, 15) is 4.79 Å². The van der Waals surface area contributed by atoms with Gasteiger partial charge in [-0.25, -0.2) is 29.2 Å². The van der Waals surface area contributed by atoms with Gasteiger partial charge in [0, 0.05) is 5.56 Å². The zero-order valence-corrected chi connectivity index (χ0v) is 23.9. The maximum absolute atomic E-state index is 13.8. The summed E-state index contributed by atoms with van der Waals surface area (Å²) < 4.78 is 13.9. The Morgan fingerprint density at radius 3 is 2.22 bits per heavy atom. The molecule has 5 heterocycles. The smallest absolute Gasteiger partial charge is 0.344 e. The Morgan fingerprint density at radius 1 is 0.711 bits per heavy atom. The summed E-state index contributed by atoms with van der Waals surface area (Å²) in [5, 5.41) is 5.44. The van der Waals surface area contributed by atoms with E-state index in [4.69, 9.17) is 29.2 Å². The first kappa shape index (κ1) is 25.3. The second kappa shape index (κ2) is 9.65. The first-order valence-corrected chi connectivity index (χ1v) is 14.5. The number of ether oxygens (including phenoxy) is 1. The number of rotatable bonds is 3. The van der Waals surface area contributed by atoms with Crippen molar-refractivity contribution in [3.05, 3.63) is 142 Å². The lowest BCUT2D eigenvalue weighted by Crippen LogP contribution is -2.24. The van der Waals surface area contributed by atoms with Crippen molar-refractivity contribution in [2.24, 2.45) is 0 Å². The van der Waals surface area contributed by atoms with E-state index in [2.05, 4.69) is 29.2 Å². The van der Waals surface area contributed by atoms with E-state index in [0.29, 0.717) is 62.1 Å². The summed E-state index contributed by atoms with van der Waals surface area (Å²) in [5.41, 5.74) is 7.08. The second-order valence-corrected chi connectivity index (χ2v) is 11.0. The van der Waals surface area contributed by atoms with Crippen LogP contribution in [0.25, 0.3) is 50.2 Å². The van der Waals surface area contributed by atoms with Crippen LogP contribution in [-0.2, 0) is 0 Å². The third kappa shape index (κ3) is 3.94. The molecule has 1 atom stereocenters. The van der Waals surface area contributed by atoms with Gasteiger partial charge in [-0.2, -0.15) is 0 Å². The van der Waals surface area contributed by atoms with Gasteiger partial charge in [-0.1, -0.05) is 78.9 Å². The van der Waals surface area contributed by atoms with E-state index < -0.39 is 11.5 Å². The van der Waals surface area contributed by atoms with Gasteiger partial charge in [-0.05, 0) is 42.3 Å². The molecule has 8 aromatic rings. The van der Waals surface area contributed by atoms with E-state index in [1.807, 2.05) is 79.7 Å². The van der Waals surface area contributed by atoms with Crippen molar-refractivity contribution in [3.63, 3.8) is 0 Å². The molecule has 0 aliphatic carbocycles. The van der Waals surface area contributed by atoms with Crippen molar-refractivity contribution in [3.8, 4) is 34.1 Å². The van der Waals surface area contributed by atoms with Crippen LogP contribution in [0.1, 0.15) is 28.4 Å². The molecule has 0 radical (unpaired) electrons. The quantitative estimate of drug-likeness (QED) is 0.202. The Bertz CT molecular complexity index is 2510. The van der Waals surface area contributed by atoms with Gasteiger partial charge in [0.25, 0.3) is 0 Å². The molecule has 0 saturated heterocycles. The van der Waals surface area contributed by atoms with Gasteiger partial charge >= 0.3 is 5.63 Å². The van der Waals surface area contributed by atoms with Gasteiger partial charge in [0.2, 0.25) is 5.88 Å². The van der Waals surface area contributed by atoms with Gasteiger partial charge in [0.05, 0.1) is 44.9 Å². The summed E-state index contributed by atoms with van der Waals surface area (Å²) in [5.74, 6) is 0.502. The average Bonchev–Trinajstić information content (AvgIpc) is 3.53. The van der Waals surface area contributed by atoms with Gasteiger partial charge in [0.1, 0.15) is 11.9 Å². The molecule has 4 aromatic heterocycles. The first-order chi connectivity index (χ1) is 22.1. The summed E-state index contributed by atoms with van der Waals surface area (Å²) in [6, 6.07) is 33.3. The van der Waals surface area contributed by atoms with E-state index in [1.165, 1.54) is 0 Å². The minimum Gasteiger partial charge on any atom is -0.437 e. The molecule has 0 fully saturated rings. The molecular weight excluding hydrogens is 564 g/mol. The molecule has 0 N–H and O–H groups in total. The highest BCUT2D eigenvalue weighted by Gasteiger charge is 2.39. The summed E-state index contributed by atoms with van der Waals surface area (Å²) in [7, 11) is 0. The molecule has 0 amide bonds. The third-order valence-corrected chi connectivity index (χ3v) is 8.27. The molecule has 1 aliphatic heterocycles. The SMILES string of the molecule is Cc1nc2ccccc2nc1C1c2c(c3ccccc3oc2=O)Oc2ncn3nc(-c4ccc(-c5ccccc5)cc4)nc3c21. The maximum atomic E-state index is 13.8. The molecule has 0 bridgehead atoms. The van der Waals surface area contributed by atoms with Crippen LogP contribution < -0.4 is 10.4 Å². The van der Waals surface area contributed by atoms with Crippen LogP contribution in [-0.4, -0.2) is 29.5 Å². The Hall–Kier alpha value is -6.22. The average molecular weight is 587 g/mol. The van der Waals surface area contributed by atoms with E-state index in [0.717, 1.165) is 22.2 Å². The number of para-hydroxylation sites is 3. The Kier molecular flexibility index (Phi) is 5.42. The number of benzene rings is 4. The van der Waals surface area contributed by atoms with E-state index in [1.54, 1.807) is 16.9 Å². The number of hydrogen-bond donors (Lipinski definition) is 0. The van der Waals surface area contributed by atoms with E-state index >= 15 is 0 Å². The largest absolute Gasteiger partial charge is 0.437 e. The highest BCUT2D eigenvalue weighted by molar-refractivity contribution is 5.87. The molecule has 1 unspecified atom stereocenters. The second-order valence-electron chi connectivity index (χ2n) is 11.0. The number of aromatic nitrogens is 6. The number of hydrogen-bond acceptors (Lipinski definition) is 8. The standard InChI is InChI=1S/C36H22N6O3/c1-20-31(39-26-13-7-6-12-25(26)38-20)28-29-32(24-11-5-8-14-27(24)44-36(29)43)45-35-30(28)34-40-33(41-42(34)19-37-35)23-17-15-22(16-18-23)21-9-3-2-4-10-21/h2-19,28H,1H3. The molecule has 4 aromatic carbocycles. The minimum absolute atomic E-state index is 0.320. The molecule has 45 heavy (non-hydrogen) atoms. The van der Waals surface area contributed by atoms with Crippen LogP contribution in [0.2, 0.25) is 0 Å². The summed E-state index contributed by atoms with van der Waals surface area (Å²) in [4.78, 5) is 33.4. The molecular formula is C36H22N6O3. The van der Waals surface area contributed by atoms with Gasteiger partial charge in [-0.15, -0.1) is 5.10 Å². The summed E-state index contributed by atoms with van der Waals surface area (Å²) in [6.45, 7) is 1.89. The predicted molar refractivity (Wildman–Crippen MR) is 169 cm³/mol. The van der Waals surface area contributed by atoms with Crippen LogP contribution in [0.4, 0.5) is 0 Å². The molecule has 9 nitrogen and oxygen atoms in total. The van der Waals surface area contributed by atoms with Crippen LogP contribution in [0.15, 0.2) is 119 Å². The molecule has 0 saturated carbocycles. The van der Waals surface area contributed by atoms with Crippen molar-refractivity contribution < 1.29 is 9.15 Å².